The van der Waals surface area contributed by atoms with Crippen LogP contribution < -0.4 is 5.73 Å². The molecule has 0 saturated carbocycles. The highest BCUT2D eigenvalue weighted by Crippen LogP contribution is 2.12. The molecule has 0 aliphatic heterocycles. The van der Waals surface area contributed by atoms with Gasteiger partial charge in [-0.25, -0.2) is 4.98 Å². The normalized spacial score (nSPS) is 13.1. The molecule has 2 N–H and O–H groups in total. The molecular weight excluding hydrogens is 196 g/mol. The van der Waals surface area contributed by atoms with Gasteiger partial charge in [-0.2, -0.15) is 0 Å². The fourth-order valence-corrected chi connectivity index (χ4v) is 1.89. The van der Waals surface area contributed by atoms with Gasteiger partial charge in [0.2, 0.25) is 0 Å². The van der Waals surface area contributed by atoms with E-state index in [1.54, 1.807) is 11.3 Å². The van der Waals surface area contributed by atoms with Gasteiger partial charge in [0.15, 0.2) is 0 Å². The van der Waals surface area contributed by atoms with Crippen molar-refractivity contribution in [3.63, 3.8) is 0 Å². The molecule has 0 amide bonds. The molecule has 0 saturated heterocycles. The molecular formula is C10H18N2OS. The van der Waals surface area contributed by atoms with Crippen LogP contribution in [-0.2, 0) is 17.8 Å². The Hall–Kier alpha value is -0.450. The van der Waals surface area contributed by atoms with E-state index < -0.39 is 0 Å². The van der Waals surface area contributed by atoms with Crippen LogP contribution in [0.5, 0.6) is 0 Å². The first kappa shape index (κ1) is 11.6. The summed E-state index contributed by atoms with van der Waals surface area (Å²) in [5, 5.41) is 3.11. The average Bonchev–Trinajstić information content (AvgIpc) is 2.52. The summed E-state index contributed by atoms with van der Waals surface area (Å²) < 4.78 is 5.40. The molecule has 1 atom stereocenters. The second-order valence-electron chi connectivity index (χ2n) is 3.47. The molecule has 0 fully saturated rings. The number of nitrogens with zero attached hydrogens (tertiary/aromatic N) is 1. The quantitative estimate of drug-likeness (QED) is 0.736. The standard InChI is InChI=1S/C10H18N2OS/c1-3-4-13-6-10-12-9(7-14-10)5-8(2)11/h7-8H,3-6,11H2,1-2H3. The van der Waals surface area contributed by atoms with E-state index in [0.29, 0.717) is 6.61 Å². The smallest absolute Gasteiger partial charge is 0.119 e. The van der Waals surface area contributed by atoms with Crippen molar-refractivity contribution in [2.24, 2.45) is 5.73 Å². The van der Waals surface area contributed by atoms with E-state index in [9.17, 15) is 0 Å². The molecule has 1 aromatic rings. The van der Waals surface area contributed by atoms with Crippen molar-refractivity contribution in [1.29, 1.82) is 0 Å². The Morgan fingerprint density at radius 2 is 2.43 bits per heavy atom. The first-order valence-corrected chi connectivity index (χ1v) is 5.87. The summed E-state index contributed by atoms with van der Waals surface area (Å²) >= 11 is 1.65. The molecule has 1 rings (SSSR count). The Morgan fingerprint density at radius 3 is 3.07 bits per heavy atom. The van der Waals surface area contributed by atoms with Crippen LogP contribution >= 0.6 is 11.3 Å². The topological polar surface area (TPSA) is 48.1 Å². The van der Waals surface area contributed by atoms with Gasteiger partial charge in [-0.15, -0.1) is 11.3 Å². The Morgan fingerprint density at radius 1 is 1.64 bits per heavy atom. The van der Waals surface area contributed by atoms with E-state index in [0.717, 1.165) is 30.2 Å². The zero-order valence-electron chi connectivity index (χ0n) is 8.82. The number of aromatic nitrogens is 1. The molecule has 4 heteroatoms. The predicted octanol–water partition coefficient (Wildman–Crippen LogP) is 1.96. The molecule has 14 heavy (non-hydrogen) atoms. The Kier molecular flexibility index (Phi) is 5.07. The number of rotatable bonds is 6. The van der Waals surface area contributed by atoms with E-state index in [1.165, 1.54) is 0 Å². The van der Waals surface area contributed by atoms with Crippen LogP contribution in [0.1, 0.15) is 31.0 Å². The number of hydrogen-bond donors (Lipinski definition) is 1. The average molecular weight is 214 g/mol. The van der Waals surface area contributed by atoms with Gasteiger partial charge in [-0.3, -0.25) is 0 Å². The second kappa shape index (κ2) is 6.11. The number of thiazole rings is 1. The molecule has 3 nitrogen and oxygen atoms in total. The molecule has 0 aliphatic carbocycles. The second-order valence-corrected chi connectivity index (χ2v) is 4.41. The largest absolute Gasteiger partial charge is 0.374 e. The zero-order chi connectivity index (χ0) is 10.4. The number of hydrogen-bond acceptors (Lipinski definition) is 4. The van der Waals surface area contributed by atoms with Gasteiger partial charge in [0.1, 0.15) is 5.01 Å². The minimum atomic E-state index is 0.182. The maximum absolute atomic E-state index is 5.69. The van der Waals surface area contributed by atoms with Gasteiger partial charge in [-0.1, -0.05) is 6.92 Å². The molecule has 0 aromatic carbocycles. The van der Waals surface area contributed by atoms with Crippen molar-refractivity contribution in [3.05, 3.63) is 16.1 Å². The lowest BCUT2D eigenvalue weighted by Crippen LogP contribution is -2.17. The molecule has 1 heterocycles. The number of ether oxygens (including phenoxy) is 1. The van der Waals surface area contributed by atoms with Crippen LogP contribution in [0.3, 0.4) is 0 Å². The SMILES string of the molecule is CCCOCc1nc(CC(C)N)cs1. The Balaban J connectivity index is 2.35. The lowest BCUT2D eigenvalue weighted by atomic mass is 10.2. The molecule has 0 spiro atoms. The van der Waals surface area contributed by atoms with Gasteiger partial charge in [0.05, 0.1) is 12.3 Å². The fraction of sp³-hybridized carbons (Fsp3) is 0.700. The van der Waals surface area contributed by atoms with E-state index in [4.69, 9.17) is 10.5 Å². The van der Waals surface area contributed by atoms with Crippen LogP contribution in [0.15, 0.2) is 5.38 Å². The van der Waals surface area contributed by atoms with Gasteiger partial charge < -0.3 is 10.5 Å². The van der Waals surface area contributed by atoms with E-state index in [1.807, 2.05) is 6.92 Å². The maximum Gasteiger partial charge on any atom is 0.119 e. The van der Waals surface area contributed by atoms with Crippen molar-refractivity contribution in [3.8, 4) is 0 Å². The van der Waals surface area contributed by atoms with Crippen molar-refractivity contribution >= 4 is 11.3 Å². The fourth-order valence-electron chi connectivity index (χ4n) is 1.14. The Bertz CT molecular complexity index is 260. The highest BCUT2D eigenvalue weighted by atomic mass is 32.1. The highest BCUT2D eigenvalue weighted by Gasteiger charge is 2.03. The highest BCUT2D eigenvalue weighted by molar-refractivity contribution is 7.09. The van der Waals surface area contributed by atoms with E-state index >= 15 is 0 Å². The molecule has 1 unspecified atom stereocenters. The molecule has 80 valence electrons. The van der Waals surface area contributed by atoms with Crippen molar-refractivity contribution < 1.29 is 4.74 Å². The van der Waals surface area contributed by atoms with Crippen molar-refractivity contribution in [2.45, 2.75) is 39.3 Å². The van der Waals surface area contributed by atoms with Crippen LogP contribution in [0, 0.1) is 0 Å². The van der Waals surface area contributed by atoms with Crippen LogP contribution in [-0.4, -0.2) is 17.6 Å². The summed E-state index contributed by atoms with van der Waals surface area (Å²) in [6.07, 6.45) is 1.91. The van der Waals surface area contributed by atoms with Crippen molar-refractivity contribution in [2.75, 3.05) is 6.61 Å². The van der Waals surface area contributed by atoms with Crippen LogP contribution in [0.4, 0.5) is 0 Å². The molecule has 0 bridgehead atoms. The van der Waals surface area contributed by atoms with Gasteiger partial charge in [0, 0.05) is 24.4 Å². The lowest BCUT2D eigenvalue weighted by Gasteiger charge is -2.00. The van der Waals surface area contributed by atoms with Crippen LogP contribution in [0.2, 0.25) is 0 Å². The summed E-state index contributed by atoms with van der Waals surface area (Å²) in [5.41, 5.74) is 6.77. The minimum absolute atomic E-state index is 0.182. The third-order valence-corrected chi connectivity index (χ3v) is 2.58. The summed E-state index contributed by atoms with van der Waals surface area (Å²) in [4.78, 5) is 4.44. The summed E-state index contributed by atoms with van der Waals surface area (Å²) in [6.45, 7) is 5.54. The number of nitrogens with two attached hydrogens (primary N) is 1. The Labute approximate surface area is 89.3 Å². The minimum Gasteiger partial charge on any atom is -0.374 e. The van der Waals surface area contributed by atoms with Gasteiger partial charge in [-0.05, 0) is 13.3 Å². The predicted molar refractivity (Wildman–Crippen MR) is 59.4 cm³/mol. The first-order valence-electron chi connectivity index (χ1n) is 4.99. The van der Waals surface area contributed by atoms with Crippen LogP contribution in [0.25, 0.3) is 0 Å². The summed E-state index contributed by atoms with van der Waals surface area (Å²) in [6, 6.07) is 0.182. The zero-order valence-corrected chi connectivity index (χ0v) is 9.64. The van der Waals surface area contributed by atoms with Crippen molar-refractivity contribution in [1.82, 2.24) is 4.98 Å². The third kappa shape index (κ3) is 4.17. The summed E-state index contributed by atoms with van der Waals surface area (Å²) in [7, 11) is 0. The molecule has 0 aliphatic rings. The van der Waals surface area contributed by atoms with E-state index in [2.05, 4.69) is 17.3 Å². The van der Waals surface area contributed by atoms with Gasteiger partial charge >= 0.3 is 0 Å². The monoisotopic (exact) mass is 214 g/mol. The molecule has 1 aromatic heterocycles. The molecule has 0 radical (unpaired) electrons. The third-order valence-electron chi connectivity index (χ3n) is 1.70. The van der Waals surface area contributed by atoms with E-state index in [-0.39, 0.29) is 6.04 Å². The van der Waals surface area contributed by atoms with Gasteiger partial charge in [0.25, 0.3) is 0 Å². The summed E-state index contributed by atoms with van der Waals surface area (Å²) in [5.74, 6) is 0. The first-order chi connectivity index (χ1) is 6.72. The maximum atomic E-state index is 5.69. The lowest BCUT2D eigenvalue weighted by molar-refractivity contribution is 0.121.